The molecule has 4 heteroatoms. The van der Waals surface area contributed by atoms with Crippen LogP contribution < -0.4 is 9.80 Å². The van der Waals surface area contributed by atoms with E-state index in [0.717, 1.165) is 31.7 Å². The van der Waals surface area contributed by atoms with Gasteiger partial charge in [0.05, 0.1) is 19.3 Å². The molecule has 2 aromatic rings. The molecule has 23 heavy (non-hydrogen) atoms. The van der Waals surface area contributed by atoms with Crippen molar-refractivity contribution < 1.29 is 0 Å². The van der Waals surface area contributed by atoms with Gasteiger partial charge >= 0.3 is 0 Å². The van der Waals surface area contributed by atoms with Crippen LogP contribution in [0.5, 0.6) is 0 Å². The molecule has 0 spiro atoms. The van der Waals surface area contributed by atoms with Gasteiger partial charge in [-0.2, -0.15) is 5.10 Å². The molecular formula is C19H24N4. The summed E-state index contributed by atoms with van der Waals surface area (Å²) in [5, 5.41) is 6.78. The molecule has 3 rings (SSSR count). The number of anilines is 2. The van der Waals surface area contributed by atoms with Crippen LogP contribution in [0, 0.1) is 0 Å². The van der Waals surface area contributed by atoms with Gasteiger partial charge < -0.3 is 9.80 Å². The van der Waals surface area contributed by atoms with E-state index in [1.54, 1.807) is 0 Å². The van der Waals surface area contributed by atoms with Crippen LogP contribution in [-0.4, -0.2) is 51.5 Å². The van der Waals surface area contributed by atoms with Crippen LogP contribution in [0.15, 0.2) is 59.7 Å². The smallest absolute Gasteiger partial charge is 0.0542 e. The zero-order chi connectivity index (χ0) is 16.1. The summed E-state index contributed by atoms with van der Waals surface area (Å²) in [7, 11) is 4.10. The standard InChI is InChI=1S/C19H24N4/c1-21(2)18-10-8-17(9-11-18)16-20-23-14-12-22(13-15-23)19-6-4-3-5-7-19/h3-11,16H,12-15H2,1-2H3/b20-16-. The molecule has 1 saturated heterocycles. The van der Waals surface area contributed by atoms with E-state index in [-0.39, 0.29) is 0 Å². The number of hydrogen-bond acceptors (Lipinski definition) is 4. The third-order valence-corrected chi connectivity index (χ3v) is 4.16. The maximum absolute atomic E-state index is 4.62. The summed E-state index contributed by atoms with van der Waals surface area (Å²) >= 11 is 0. The van der Waals surface area contributed by atoms with Gasteiger partial charge in [0.2, 0.25) is 0 Å². The number of para-hydroxylation sites is 1. The maximum Gasteiger partial charge on any atom is 0.0542 e. The fourth-order valence-corrected chi connectivity index (χ4v) is 2.72. The molecule has 0 aliphatic carbocycles. The zero-order valence-corrected chi connectivity index (χ0v) is 13.9. The Kier molecular flexibility index (Phi) is 4.81. The van der Waals surface area contributed by atoms with Crippen molar-refractivity contribution >= 4 is 17.6 Å². The first-order valence-electron chi connectivity index (χ1n) is 8.09. The highest BCUT2D eigenvalue weighted by Crippen LogP contribution is 2.16. The lowest BCUT2D eigenvalue weighted by atomic mass is 10.2. The maximum atomic E-state index is 4.62. The molecule has 0 atom stereocenters. The Morgan fingerprint density at radius 2 is 1.52 bits per heavy atom. The van der Waals surface area contributed by atoms with E-state index in [1.807, 2.05) is 6.21 Å². The molecule has 1 aliphatic heterocycles. The van der Waals surface area contributed by atoms with Crippen molar-refractivity contribution in [3.63, 3.8) is 0 Å². The molecule has 4 nitrogen and oxygen atoms in total. The van der Waals surface area contributed by atoms with Crippen molar-refractivity contribution in [3.8, 4) is 0 Å². The molecule has 1 aliphatic rings. The Bertz CT molecular complexity index is 626. The van der Waals surface area contributed by atoms with Gasteiger partial charge in [-0.3, -0.25) is 5.01 Å². The van der Waals surface area contributed by atoms with Gasteiger partial charge in [0.1, 0.15) is 0 Å². The lowest BCUT2D eigenvalue weighted by Gasteiger charge is -2.34. The van der Waals surface area contributed by atoms with E-state index >= 15 is 0 Å². The highest BCUT2D eigenvalue weighted by atomic mass is 15.5. The second kappa shape index (κ2) is 7.18. The molecule has 2 aromatic carbocycles. The highest BCUT2D eigenvalue weighted by Gasteiger charge is 2.15. The minimum absolute atomic E-state index is 0.959. The Morgan fingerprint density at radius 1 is 0.870 bits per heavy atom. The SMILES string of the molecule is CN(C)c1ccc(/C=N\N2CCN(c3ccccc3)CC2)cc1. The lowest BCUT2D eigenvalue weighted by molar-refractivity contribution is 0.272. The van der Waals surface area contributed by atoms with Crippen LogP contribution in [0.25, 0.3) is 0 Å². The average molecular weight is 308 g/mol. The Balaban J connectivity index is 1.54. The first-order valence-corrected chi connectivity index (χ1v) is 8.09. The van der Waals surface area contributed by atoms with E-state index in [9.17, 15) is 0 Å². The number of hydrogen-bond donors (Lipinski definition) is 0. The third-order valence-electron chi connectivity index (χ3n) is 4.16. The normalized spacial score (nSPS) is 15.2. The fraction of sp³-hybridized carbons (Fsp3) is 0.316. The van der Waals surface area contributed by atoms with Gasteiger partial charge in [0.15, 0.2) is 0 Å². The summed E-state index contributed by atoms with van der Waals surface area (Å²) in [6, 6.07) is 19.1. The van der Waals surface area contributed by atoms with E-state index in [4.69, 9.17) is 0 Å². The predicted octanol–water partition coefficient (Wildman–Crippen LogP) is 2.91. The van der Waals surface area contributed by atoms with Crippen LogP contribution in [0.1, 0.15) is 5.56 Å². The number of hydrazone groups is 1. The number of benzene rings is 2. The van der Waals surface area contributed by atoms with Crippen molar-refractivity contribution in [1.82, 2.24) is 5.01 Å². The molecular weight excluding hydrogens is 284 g/mol. The van der Waals surface area contributed by atoms with Crippen molar-refractivity contribution in [2.45, 2.75) is 0 Å². The van der Waals surface area contributed by atoms with Gasteiger partial charge in [-0.25, -0.2) is 0 Å². The lowest BCUT2D eigenvalue weighted by Crippen LogP contribution is -2.44. The third kappa shape index (κ3) is 4.03. The largest absolute Gasteiger partial charge is 0.378 e. The second-order valence-corrected chi connectivity index (χ2v) is 6.01. The summed E-state index contributed by atoms with van der Waals surface area (Å²) in [6.07, 6.45) is 1.96. The first-order chi connectivity index (χ1) is 11.2. The van der Waals surface area contributed by atoms with Crippen molar-refractivity contribution in [3.05, 3.63) is 60.2 Å². The van der Waals surface area contributed by atoms with Crippen LogP contribution >= 0.6 is 0 Å². The molecule has 0 radical (unpaired) electrons. The molecule has 0 amide bonds. The van der Waals surface area contributed by atoms with Crippen molar-refractivity contribution in [2.24, 2.45) is 5.10 Å². The summed E-state index contributed by atoms with van der Waals surface area (Å²) in [6.45, 7) is 3.95. The Hall–Kier alpha value is -2.49. The molecule has 0 N–H and O–H groups in total. The van der Waals surface area contributed by atoms with Crippen molar-refractivity contribution in [2.75, 3.05) is 50.1 Å². The van der Waals surface area contributed by atoms with Crippen LogP contribution in [-0.2, 0) is 0 Å². The van der Waals surface area contributed by atoms with Gasteiger partial charge in [-0.15, -0.1) is 0 Å². The molecule has 0 saturated carbocycles. The van der Waals surface area contributed by atoms with Crippen LogP contribution in [0.2, 0.25) is 0 Å². The molecule has 1 fully saturated rings. The van der Waals surface area contributed by atoms with Gasteiger partial charge in [-0.1, -0.05) is 30.3 Å². The minimum Gasteiger partial charge on any atom is -0.378 e. The highest BCUT2D eigenvalue weighted by molar-refractivity contribution is 5.80. The number of rotatable bonds is 4. The number of piperazine rings is 1. The minimum atomic E-state index is 0.959. The van der Waals surface area contributed by atoms with Crippen LogP contribution in [0.3, 0.4) is 0 Å². The van der Waals surface area contributed by atoms with Crippen molar-refractivity contribution in [1.29, 1.82) is 0 Å². The molecule has 120 valence electrons. The molecule has 0 aromatic heterocycles. The summed E-state index contributed by atoms with van der Waals surface area (Å²) < 4.78 is 0. The predicted molar refractivity (Wildman–Crippen MR) is 98.6 cm³/mol. The van der Waals surface area contributed by atoms with E-state index in [0.29, 0.717) is 0 Å². The summed E-state index contributed by atoms with van der Waals surface area (Å²) in [5.41, 5.74) is 3.65. The monoisotopic (exact) mass is 308 g/mol. The summed E-state index contributed by atoms with van der Waals surface area (Å²) in [4.78, 5) is 4.52. The average Bonchev–Trinajstić information content (AvgIpc) is 2.61. The second-order valence-electron chi connectivity index (χ2n) is 6.01. The molecule has 0 bridgehead atoms. The zero-order valence-electron chi connectivity index (χ0n) is 13.9. The number of nitrogens with zero attached hydrogens (tertiary/aromatic N) is 4. The van der Waals surface area contributed by atoms with E-state index in [2.05, 4.69) is 88.6 Å². The summed E-state index contributed by atoms with van der Waals surface area (Å²) in [5.74, 6) is 0. The fourth-order valence-electron chi connectivity index (χ4n) is 2.72. The van der Waals surface area contributed by atoms with E-state index < -0.39 is 0 Å². The first kappa shape index (κ1) is 15.4. The van der Waals surface area contributed by atoms with Gasteiger partial charge in [0.25, 0.3) is 0 Å². The Morgan fingerprint density at radius 3 is 2.13 bits per heavy atom. The van der Waals surface area contributed by atoms with Crippen LogP contribution in [0.4, 0.5) is 11.4 Å². The van der Waals surface area contributed by atoms with Gasteiger partial charge in [-0.05, 0) is 29.8 Å². The molecule has 1 heterocycles. The Labute approximate surface area is 138 Å². The van der Waals surface area contributed by atoms with Gasteiger partial charge in [0, 0.05) is 38.6 Å². The van der Waals surface area contributed by atoms with E-state index in [1.165, 1.54) is 11.4 Å². The molecule has 0 unspecified atom stereocenters. The quantitative estimate of drug-likeness (QED) is 0.811. The topological polar surface area (TPSA) is 22.1 Å².